The van der Waals surface area contributed by atoms with Crippen LogP contribution in [0.3, 0.4) is 0 Å². The topological polar surface area (TPSA) is 194 Å². The molecule has 0 radical (unpaired) electrons. The summed E-state index contributed by atoms with van der Waals surface area (Å²) >= 11 is 0. The van der Waals surface area contributed by atoms with Gasteiger partial charge in [-0.2, -0.15) is 18.0 Å². The van der Waals surface area contributed by atoms with E-state index >= 15 is 4.39 Å². The lowest BCUT2D eigenvalue weighted by molar-refractivity contribution is -0.136. The number of rotatable bonds is 11. The van der Waals surface area contributed by atoms with Crippen LogP contribution in [0.4, 0.5) is 25.8 Å². The number of amides is 3. The summed E-state index contributed by atoms with van der Waals surface area (Å²) in [4.78, 5) is 64.2. The van der Waals surface area contributed by atoms with E-state index in [1.54, 1.807) is 11.0 Å². The molecule has 20 heteroatoms. The van der Waals surface area contributed by atoms with Crippen molar-refractivity contribution in [2.75, 3.05) is 73.4 Å². The molecule has 3 amide bonds. The molecule has 4 fully saturated rings. The van der Waals surface area contributed by atoms with Gasteiger partial charge in [0.1, 0.15) is 35.9 Å². The van der Waals surface area contributed by atoms with E-state index in [9.17, 15) is 37.2 Å². The molecule has 4 saturated heterocycles. The van der Waals surface area contributed by atoms with Crippen LogP contribution in [0.15, 0.2) is 83.9 Å². The van der Waals surface area contributed by atoms with Crippen LogP contribution in [0.5, 0.6) is 11.5 Å². The third-order valence-corrected chi connectivity index (χ3v) is 14.5. The average Bonchev–Trinajstić information content (AvgIpc) is 3.89. The van der Waals surface area contributed by atoms with Gasteiger partial charge in [0.15, 0.2) is 11.6 Å². The maximum Gasteiger partial charge on any atom is 0.301 e. The van der Waals surface area contributed by atoms with Gasteiger partial charge >= 0.3 is 10.2 Å². The molecule has 6 heterocycles. The number of piperidine rings is 1. The Morgan fingerprint density at radius 1 is 0.864 bits per heavy atom. The zero-order valence-corrected chi connectivity index (χ0v) is 36.3. The summed E-state index contributed by atoms with van der Waals surface area (Å²) in [5.41, 5.74) is 3.43. The first-order valence-electron chi connectivity index (χ1n) is 21.8. The molecule has 17 nitrogen and oxygen atoms in total. The maximum atomic E-state index is 15.2. The number of piperazine rings is 1. The molecule has 0 saturated carbocycles. The van der Waals surface area contributed by atoms with Gasteiger partial charge in [0.25, 0.3) is 11.5 Å². The SMILES string of the molecule is N#Cc1c(NS(=O)(=O)N2CCC(F)C2)ccc(F)c1Oc1ccc2ncn(-c3ccc(N4CCN(CC5CN(c6ccc7c(c6)CN([C@H]6CCC(=O)NC6=O)C7=O)C5)CC4)cc3)c(=O)c2c1. The molecule has 0 aliphatic carbocycles. The summed E-state index contributed by atoms with van der Waals surface area (Å²) in [6, 6.07) is 21.1. The van der Waals surface area contributed by atoms with Crippen molar-refractivity contribution in [2.24, 2.45) is 5.92 Å². The maximum absolute atomic E-state index is 15.2. The number of carbonyl (C=O) groups is 3. The van der Waals surface area contributed by atoms with Crippen LogP contribution in [-0.2, 0) is 26.3 Å². The van der Waals surface area contributed by atoms with Crippen molar-refractivity contribution in [3.05, 3.63) is 112 Å². The van der Waals surface area contributed by atoms with Gasteiger partial charge in [-0.3, -0.25) is 38.7 Å². The lowest BCUT2D eigenvalue weighted by Crippen LogP contribution is -2.55. The minimum absolute atomic E-state index is 0.0120. The first kappa shape index (κ1) is 43.0. The number of nitrogens with zero attached hydrogens (tertiary/aromatic N) is 8. The third-order valence-electron chi connectivity index (χ3n) is 13.1. The van der Waals surface area contributed by atoms with Gasteiger partial charge < -0.3 is 19.4 Å². The Bertz CT molecular complexity index is 3010. The molecule has 340 valence electrons. The molecule has 5 aromatic rings. The molecule has 0 bridgehead atoms. The number of aromatic nitrogens is 2. The molecule has 2 atom stereocenters. The monoisotopic (exact) mass is 918 g/mol. The number of ether oxygens (including phenoxy) is 1. The van der Waals surface area contributed by atoms with Gasteiger partial charge in [0, 0.05) is 94.7 Å². The Morgan fingerprint density at radius 3 is 2.35 bits per heavy atom. The zero-order chi connectivity index (χ0) is 45.9. The van der Waals surface area contributed by atoms with Crippen LogP contribution >= 0.6 is 0 Å². The van der Waals surface area contributed by atoms with E-state index in [2.05, 4.69) is 35.8 Å². The Kier molecular flexibility index (Phi) is 11.1. The number of nitrogens with one attached hydrogen (secondary N) is 2. The smallest absolute Gasteiger partial charge is 0.301 e. The van der Waals surface area contributed by atoms with Crippen LogP contribution < -0.4 is 30.1 Å². The number of alkyl halides is 1. The summed E-state index contributed by atoms with van der Waals surface area (Å²) in [7, 11) is -4.24. The first-order chi connectivity index (χ1) is 31.8. The summed E-state index contributed by atoms with van der Waals surface area (Å²) in [5.74, 6) is -1.86. The second kappa shape index (κ2) is 17.1. The molecule has 5 aliphatic heterocycles. The molecular weight excluding hydrogens is 875 g/mol. The highest BCUT2D eigenvalue weighted by Gasteiger charge is 2.40. The Hall–Kier alpha value is -6.95. The minimum Gasteiger partial charge on any atom is -0.453 e. The van der Waals surface area contributed by atoms with E-state index in [-0.39, 0.29) is 54.6 Å². The number of fused-ring (bicyclic) bond motifs is 2. The number of hydrogen-bond donors (Lipinski definition) is 2. The van der Waals surface area contributed by atoms with Crippen LogP contribution in [0.1, 0.15) is 40.7 Å². The first-order valence-corrected chi connectivity index (χ1v) is 23.2. The minimum atomic E-state index is -4.24. The normalized spacial score (nSPS) is 20.6. The van der Waals surface area contributed by atoms with E-state index in [1.165, 1.54) is 29.1 Å². The number of benzene rings is 4. The molecular formula is C46H44F2N10O7S. The van der Waals surface area contributed by atoms with Gasteiger partial charge in [-0.25, -0.2) is 13.8 Å². The molecule has 66 heavy (non-hydrogen) atoms. The molecule has 10 rings (SSSR count). The second-order valence-corrected chi connectivity index (χ2v) is 18.9. The van der Waals surface area contributed by atoms with Crippen LogP contribution in [0.25, 0.3) is 16.6 Å². The molecule has 0 spiro atoms. The largest absolute Gasteiger partial charge is 0.453 e. The van der Waals surface area contributed by atoms with Crippen molar-refractivity contribution in [1.29, 1.82) is 5.26 Å². The van der Waals surface area contributed by atoms with Crippen molar-refractivity contribution >= 4 is 55.9 Å². The van der Waals surface area contributed by atoms with Crippen LogP contribution in [-0.4, -0.2) is 121 Å². The highest BCUT2D eigenvalue weighted by Crippen LogP contribution is 2.36. The summed E-state index contributed by atoms with van der Waals surface area (Å²) < 4.78 is 65.1. The predicted octanol–water partition coefficient (Wildman–Crippen LogP) is 3.91. The van der Waals surface area contributed by atoms with Gasteiger partial charge in [0.2, 0.25) is 11.8 Å². The van der Waals surface area contributed by atoms with Crippen molar-refractivity contribution in [1.82, 2.24) is 29.0 Å². The fraction of sp³-hybridized carbons (Fsp3) is 0.348. The van der Waals surface area contributed by atoms with Gasteiger partial charge in [0.05, 0.1) is 22.3 Å². The number of anilines is 3. The second-order valence-electron chi connectivity index (χ2n) is 17.3. The quantitative estimate of drug-likeness (QED) is 0.182. The van der Waals surface area contributed by atoms with Crippen molar-refractivity contribution in [3.63, 3.8) is 0 Å². The summed E-state index contributed by atoms with van der Waals surface area (Å²) in [6.45, 7) is 6.23. The molecule has 1 aromatic heterocycles. The lowest BCUT2D eigenvalue weighted by Gasteiger charge is -2.45. The Morgan fingerprint density at radius 2 is 1.62 bits per heavy atom. The fourth-order valence-corrected chi connectivity index (χ4v) is 10.7. The van der Waals surface area contributed by atoms with E-state index in [4.69, 9.17) is 4.74 Å². The highest BCUT2D eigenvalue weighted by atomic mass is 32.2. The molecule has 2 N–H and O–H groups in total. The third kappa shape index (κ3) is 8.18. The number of carbonyl (C=O) groups excluding carboxylic acids is 3. The van der Waals surface area contributed by atoms with Gasteiger partial charge in [-0.05, 0) is 91.2 Å². The molecule has 1 unspecified atom stereocenters. The van der Waals surface area contributed by atoms with E-state index in [0.717, 1.165) is 79.2 Å². The number of imide groups is 1. The number of hydrogen-bond acceptors (Lipinski definition) is 12. The predicted molar refractivity (Wildman–Crippen MR) is 239 cm³/mol. The van der Waals surface area contributed by atoms with E-state index in [1.807, 2.05) is 36.4 Å². The van der Waals surface area contributed by atoms with Crippen LogP contribution in [0, 0.1) is 23.1 Å². The summed E-state index contributed by atoms with van der Waals surface area (Å²) in [6.07, 6.45) is 0.716. The zero-order valence-electron chi connectivity index (χ0n) is 35.5. The summed E-state index contributed by atoms with van der Waals surface area (Å²) in [5, 5.41) is 12.5. The number of halogens is 2. The van der Waals surface area contributed by atoms with Crippen LogP contribution in [0.2, 0.25) is 0 Å². The van der Waals surface area contributed by atoms with Gasteiger partial charge in [-0.1, -0.05) is 0 Å². The Labute approximate surface area is 377 Å². The number of nitriles is 1. The van der Waals surface area contributed by atoms with E-state index in [0.29, 0.717) is 35.7 Å². The average molecular weight is 919 g/mol. The lowest BCUT2D eigenvalue weighted by atomic mass is 9.97. The fourth-order valence-electron chi connectivity index (χ4n) is 9.46. The molecule has 5 aliphatic rings. The Balaban J connectivity index is 0.742. The van der Waals surface area contributed by atoms with Crippen molar-refractivity contribution < 1.29 is 36.3 Å². The van der Waals surface area contributed by atoms with E-state index < -0.39 is 51.0 Å². The van der Waals surface area contributed by atoms with Gasteiger partial charge in [-0.15, -0.1) is 0 Å². The van der Waals surface area contributed by atoms with Crippen molar-refractivity contribution in [3.8, 4) is 23.3 Å². The standard InChI is InChI=1S/C46H44F2N10O7S/c47-30-13-14-56(26-30)66(63,64)52-40-10-8-38(48)43(37(40)21-49)65-34-6-9-39-36(20-34)46(62)58(27-50-39)32-3-1-31(2-4-32)54-17-15-53(16-18-54)22-28-23-55(24-28)33-5-7-35-29(19-33)25-57(45(35)61)41-11-12-42(59)51-44(41)60/h1-10,19-20,27-28,30,41,52H,11-18,22-26H2,(H,51,59,60)/t30?,41-/m0/s1. The highest BCUT2D eigenvalue weighted by molar-refractivity contribution is 7.90. The van der Waals surface area contributed by atoms with Crippen molar-refractivity contribution in [2.45, 2.75) is 38.0 Å². The molecule has 4 aromatic carbocycles.